The molecule has 1 saturated carbocycles. The molecule has 1 aliphatic rings. The molecule has 0 spiro atoms. The van der Waals surface area contributed by atoms with Gasteiger partial charge in [-0.25, -0.2) is 8.42 Å². The summed E-state index contributed by atoms with van der Waals surface area (Å²) in [6, 6.07) is 0. The highest BCUT2D eigenvalue weighted by molar-refractivity contribution is 8.13. The summed E-state index contributed by atoms with van der Waals surface area (Å²) in [5, 5.41) is 0. The van der Waals surface area contributed by atoms with Crippen LogP contribution in [0.4, 0.5) is 0 Å². The quantitative estimate of drug-likeness (QED) is 0.508. The van der Waals surface area contributed by atoms with Crippen molar-refractivity contribution < 1.29 is 8.42 Å². The monoisotopic (exact) mass is 194 g/mol. The van der Waals surface area contributed by atoms with E-state index in [4.69, 9.17) is 10.7 Å². The normalized spacial score (nSPS) is 20.5. The molecule has 2 nitrogen and oxygen atoms in total. The first kappa shape index (κ1) is 9.07. The van der Waals surface area contributed by atoms with Crippen LogP contribution < -0.4 is 0 Å². The number of allylic oxidation sites excluding steroid dienone is 1. The van der Waals surface area contributed by atoms with E-state index in [9.17, 15) is 8.42 Å². The predicted octanol–water partition coefficient (Wildman–Crippen LogP) is 1.91. The van der Waals surface area contributed by atoms with Crippen molar-refractivity contribution in [2.24, 2.45) is 5.92 Å². The van der Waals surface area contributed by atoms with Crippen LogP contribution in [0.2, 0.25) is 0 Å². The molecule has 0 aromatic heterocycles. The van der Waals surface area contributed by atoms with E-state index in [2.05, 4.69) is 0 Å². The van der Waals surface area contributed by atoms with Gasteiger partial charge in [0.05, 0.1) is 5.75 Å². The van der Waals surface area contributed by atoms with Crippen molar-refractivity contribution in [2.45, 2.75) is 19.3 Å². The Morgan fingerprint density at radius 1 is 1.45 bits per heavy atom. The molecule has 64 valence electrons. The molecule has 11 heavy (non-hydrogen) atoms. The van der Waals surface area contributed by atoms with Crippen molar-refractivity contribution in [1.82, 2.24) is 0 Å². The zero-order chi connectivity index (χ0) is 8.32. The van der Waals surface area contributed by atoms with E-state index in [0.717, 1.165) is 0 Å². The van der Waals surface area contributed by atoms with Gasteiger partial charge in [-0.15, -0.1) is 0 Å². The molecule has 0 unspecified atom stereocenters. The lowest BCUT2D eigenvalue weighted by molar-refractivity contribution is 0.387. The lowest BCUT2D eigenvalue weighted by Crippen LogP contribution is -2.07. The van der Waals surface area contributed by atoms with E-state index in [1.165, 1.54) is 19.3 Å². The van der Waals surface area contributed by atoms with Gasteiger partial charge < -0.3 is 0 Å². The average Bonchev–Trinajstić information content (AvgIpc) is 1.73. The third-order valence-electron chi connectivity index (χ3n) is 1.85. The van der Waals surface area contributed by atoms with Crippen molar-refractivity contribution in [2.75, 3.05) is 5.75 Å². The van der Waals surface area contributed by atoms with Gasteiger partial charge in [0.15, 0.2) is 0 Å². The SMILES string of the molecule is O=S(=O)(Cl)CC=CC1CCC1. The van der Waals surface area contributed by atoms with Gasteiger partial charge >= 0.3 is 0 Å². The first-order valence-electron chi connectivity index (χ1n) is 3.67. The third kappa shape index (κ3) is 3.77. The first-order chi connectivity index (χ1) is 5.08. The molecule has 1 rings (SSSR count). The highest BCUT2D eigenvalue weighted by Gasteiger charge is 2.13. The second-order valence-corrected chi connectivity index (χ2v) is 5.65. The second-order valence-electron chi connectivity index (χ2n) is 2.82. The van der Waals surface area contributed by atoms with Crippen LogP contribution in [0.25, 0.3) is 0 Å². The Bertz CT molecular complexity index is 239. The summed E-state index contributed by atoms with van der Waals surface area (Å²) in [6.45, 7) is 0. The Morgan fingerprint density at radius 2 is 2.09 bits per heavy atom. The summed E-state index contributed by atoms with van der Waals surface area (Å²) in [5.41, 5.74) is 0. The van der Waals surface area contributed by atoms with Crippen molar-refractivity contribution in [1.29, 1.82) is 0 Å². The number of halogens is 1. The Hall–Kier alpha value is -0.0200. The van der Waals surface area contributed by atoms with E-state index in [1.807, 2.05) is 6.08 Å². The highest BCUT2D eigenvalue weighted by atomic mass is 35.7. The largest absolute Gasteiger partial charge is 0.236 e. The summed E-state index contributed by atoms with van der Waals surface area (Å²) < 4.78 is 20.9. The van der Waals surface area contributed by atoms with Gasteiger partial charge in [-0.3, -0.25) is 0 Å². The molecule has 0 N–H and O–H groups in total. The van der Waals surface area contributed by atoms with Crippen LogP contribution in [0.1, 0.15) is 19.3 Å². The zero-order valence-corrected chi connectivity index (χ0v) is 7.74. The maximum Gasteiger partial charge on any atom is 0.236 e. The van der Waals surface area contributed by atoms with Crippen molar-refractivity contribution in [3.8, 4) is 0 Å². The van der Waals surface area contributed by atoms with Crippen LogP contribution in [0.3, 0.4) is 0 Å². The third-order valence-corrected chi connectivity index (χ3v) is 2.82. The molecule has 4 heteroatoms. The molecule has 0 aromatic carbocycles. The van der Waals surface area contributed by atoms with Crippen LogP contribution in [-0.2, 0) is 9.05 Å². The van der Waals surface area contributed by atoms with Crippen LogP contribution in [0.15, 0.2) is 12.2 Å². The smallest absolute Gasteiger partial charge is 0.212 e. The van der Waals surface area contributed by atoms with E-state index in [0.29, 0.717) is 5.92 Å². The molecule has 0 amide bonds. The van der Waals surface area contributed by atoms with Gasteiger partial charge in [-0.2, -0.15) is 0 Å². The van der Waals surface area contributed by atoms with Gasteiger partial charge in [0.1, 0.15) is 0 Å². The number of rotatable bonds is 3. The van der Waals surface area contributed by atoms with Crippen molar-refractivity contribution in [3.05, 3.63) is 12.2 Å². The van der Waals surface area contributed by atoms with Gasteiger partial charge in [0.25, 0.3) is 0 Å². The minimum atomic E-state index is -3.32. The Morgan fingerprint density at radius 3 is 2.45 bits per heavy atom. The molecule has 0 aliphatic heterocycles. The molecule has 1 aliphatic carbocycles. The Balaban J connectivity index is 2.25. The van der Waals surface area contributed by atoms with E-state index in [-0.39, 0.29) is 5.75 Å². The summed E-state index contributed by atoms with van der Waals surface area (Å²) in [5.74, 6) is 0.568. The molecule has 0 bridgehead atoms. The molecule has 0 atom stereocenters. The Kier molecular flexibility index (Phi) is 2.96. The van der Waals surface area contributed by atoms with Gasteiger partial charge in [0.2, 0.25) is 9.05 Å². The zero-order valence-electron chi connectivity index (χ0n) is 6.16. The number of hydrogen-bond acceptors (Lipinski definition) is 2. The fraction of sp³-hybridized carbons (Fsp3) is 0.714. The minimum absolute atomic E-state index is 0.0367. The molecule has 0 aromatic rings. The minimum Gasteiger partial charge on any atom is -0.212 e. The summed E-state index contributed by atoms with van der Waals surface area (Å²) in [4.78, 5) is 0. The van der Waals surface area contributed by atoms with Gasteiger partial charge in [0, 0.05) is 10.7 Å². The maximum atomic E-state index is 10.4. The first-order valence-corrected chi connectivity index (χ1v) is 6.15. The van der Waals surface area contributed by atoms with Crippen molar-refractivity contribution >= 4 is 19.7 Å². The summed E-state index contributed by atoms with van der Waals surface area (Å²) >= 11 is 0. The fourth-order valence-corrected chi connectivity index (χ4v) is 1.55. The molecular formula is C7H11ClO2S. The molecular weight excluding hydrogens is 184 g/mol. The van der Waals surface area contributed by atoms with Crippen LogP contribution in [0, 0.1) is 5.92 Å². The van der Waals surface area contributed by atoms with Crippen molar-refractivity contribution in [3.63, 3.8) is 0 Å². The van der Waals surface area contributed by atoms with Crippen LogP contribution >= 0.6 is 10.7 Å². The van der Waals surface area contributed by atoms with E-state index >= 15 is 0 Å². The standard InChI is InChI=1S/C7H11ClO2S/c8-11(9,10)6-2-5-7-3-1-4-7/h2,5,7H,1,3-4,6H2. The second kappa shape index (κ2) is 3.59. The van der Waals surface area contributed by atoms with Crippen LogP contribution in [-0.4, -0.2) is 14.2 Å². The average molecular weight is 195 g/mol. The van der Waals surface area contributed by atoms with Crippen LogP contribution in [0.5, 0.6) is 0 Å². The van der Waals surface area contributed by atoms with Gasteiger partial charge in [-0.1, -0.05) is 18.6 Å². The molecule has 0 saturated heterocycles. The maximum absolute atomic E-state index is 10.4. The van der Waals surface area contributed by atoms with E-state index < -0.39 is 9.05 Å². The summed E-state index contributed by atoms with van der Waals surface area (Å²) in [6.07, 6.45) is 7.25. The summed E-state index contributed by atoms with van der Waals surface area (Å²) in [7, 11) is 1.68. The number of hydrogen-bond donors (Lipinski definition) is 0. The Labute approximate surface area is 71.7 Å². The molecule has 0 radical (unpaired) electrons. The van der Waals surface area contributed by atoms with E-state index in [1.54, 1.807) is 6.08 Å². The molecule has 1 fully saturated rings. The topological polar surface area (TPSA) is 34.1 Å². The predicted molar refractivity (Wildman–Crippen MR) is 46.1 cm³/mol. The lowest BCUT2D eigenvalue weighted by atomic mass is 9.85. The lowest BCUT2D eigenvalue weighted by Gasteiger charge is -2.21. The molecule has 0 heterocycles. The fourth-order valence-electron chi connectivity index (χ4n) is 0.995. The highest BCUT2D eigenvalue weighted by Crippen LogP contribution is 2.27. The van der Waals surface area contributed by atoms with Gasteiger partial charge in [-0.05, 0) is 18.8 Å².